The van der Waals surface area contributed by atoms with Crippen LogP contribution >= 0.6 is 11.8 Å². The molecule has 1 aliphatic rings. The van der Waals surface area contributed by atoms with Crippen LogP contribution in [0.2, 0.25) is 0 Å². The molecular formula is C15H23NO2S. The minimum absolute atomic E-state index is 0.208. The molecule has 106 valence electrons. The Labute approximate surface area is 119 Å². The van der Waals surface area contributed by atoms with Gasteiger partial charge in [-0.1, -0.05) is 12.1 Å². The first kappa shape index (κ1) is 14.7. The van der Waals surface area contributed by atoms with Crippen molar-refractivity contribution in [2.75, 3.05) is 19.5 Å². The fourth-order valence-electron chi connectivity index (χ4n) is 2.51. The van der Waals surface area contributed by atoms with Crippen molar-refractivity contribution in [2.45, 2.75) is 37.6 Å². The van der Waals surface area contributed by atoms with E-state index in [0.29, 0.717) is 0 Å². The summed E-state index contributed by atoms with van der Waals surface area (Å²) >= 11 is 1.70. The van der Waals surface area contributed by atoms with E-state index in [-0.39, 0.29) is 23.9 Å². The van der Waals surface area contributed by atoms with E-state index < -0.39 is 0 Å². The lowest BCUT2D eigenvalue weighted by Gasteiger charge is -2.25. The lowest BCUT2D eigenvalue weighted by atomic mass is 10.0. The molecule has 0 aliphatic carbocycles. The molecule has 3 unspecified atom stereocenters. The summed E-state index contributed by atoms with van der Waals surface area (Å²) in [5, 5.41) is 13.1. The van der Waals surface area contributed by atoms with Crippen LogP contribution in [0.3, 0.4) is 0 Å². The second-order valence-corrected chi connectivity index (χ2v) is 6.18. The molecule has 3 nitrogen and oxygen atoms in total. The topological polar surface area (TPSA) is 41.5 Å². The highest BCUT2D eigenvalue weighted by Crippen LogP contribution is 2.28. The van der Waals surface area contributed by atoms with Gasteiger partial charge in [-0.05, 0) is 37.3 Å². The largest absolute Gasteiger partial charge is 0.493 e. The highest BCUT2D eigenvalue weighted by Gasteiger charge is 2.19. The van der Waals surface area contributed by atoms with Crippen LogP contribution < -0.4 is 10.1 Å². The first-order valence-electron chi connectivity index (χ1n) is 6.81. The van der Waals surface area contributed by atoms with Gasteiger partial charge in [0.1, 0.15) is 5.75 Å². The number of aliphatic hydroxyl groups excluding tert-OH is 1. The standard InChI is InChI=1S/C15H23NO2S/c1-10(16-11(2)15(9-17)19-3)12-4-5-14-13(8-12)6-7-18-14/h4-5,8,10-11,15-17H,6-7,9H2,1-3H3. The third-order valence-electron chi connectivity index (χ3n) is 3.77. The van der Waals surface area contributed by atoms with Gasteiger partial charge in [-0.2, -0.15) is 11.8 Å². The average molecular weight is 281 g/mol. The van der Waals surface area contributed by atoms with Gasteiger partial charge < -0.3 is 15.2 Å². The highest BCUT2D eigenvalue weighted by molar-refractivity contribution is 7.99. The molecule has 4 heteroatoms. The van der Waals surface area contributed by atoms with Gasteiger partial charge in [0, 0.05) is 23.8 Å². The number of hydrogen-bond acceptors (Lipinski definition) is 4. The molecule has 0 aromatic heterocycles. The summed E-state index contributed by atoms with van der Waals surface area (Å²) in [4.78, 5) is 0. The van der Waals surface area contributed by atoms with Gasteiger partial charge in [0.25, 0.3) is 0 Å². The van der Waals surface area contributed by atoms with Gasteiger partial charge in [0.05, 0.1) is 13.2 Å². The maximum atomic E-state index is 9.33. The van der Waals surface area contributed by atoms with Gasteiger partial charge >= 0.3 is 0 Å². The third kappa shape index (κ3) is 3.44. The fourth-order valence-corrected chi connectivity index (χ4v) is 3.15. The maximum Gasteiger partial charge on any atom is 0.122 e. The Kier molecular flexibility index (Phi) is 5.13. The Balaban J connectivity index is 2.01. The monoisotopic (exact) mass is 281 g/mol. The Morgan fingerprint density at radius 2 is 2.21 bits per heavy atom. The molecule has 1 heterocycles. The van der Waals surface area contributed by atoms with Crippen LogP contribution in [-0.4, -0.2) is 35.9 Å². The van der Waals surface area contributed by atoms with Crippen LogP contribution in [0.1, 0.15) is 31.0 Å². The zero-order valence-electron chi connectivity index (χ0n) is 11.8. The third-order valence-corrected chi connectivity index (χ3v) is 4.93. The summed E-state index contributed by atoms with van der Waals surface area (Å²) in [5.41, 5.74) is 2.59. The van der Waals surface area contributed by atoms with Crippen LogP contribution in [0.25, 0.3) is 0 Å². The Morgan fingerprint density at radius 1 is 1.42 bits per heavy atom. The molecule has 1 aliphatic heterocycles. The molecule has 0 fully saturated rings. The molecule has 0 bridgehead atoms. The lowest BCUT2D eigenvalue weighted by Crippen LogP contribution is -2.38. The SMILES string of the molecule is CSC(CO)C(C)NC(C)c1ccc2c(c1)CCO2. The predicted molar refractivity (Wildman–Crippen MR) is 81.0 cm³/mol. The van der Waals surface area contributed by atoms with E-state index in [9.17, 15) is 5.11 Å². The van der Waals surface area contributed by atoms with Crippen molar-refractivity contribution in [1.82, 2.24) is 5.32 Å². The van der Waals surface area contributed by atoms with E-state index in [1.807, 2.05) is 6.26 Å². The summed E-state index contributed by atoms with van der Waals surface area (Å²) in [6.07, 6.45) is 3.05. The summed E-state index contributed by atoms with van der Waals surface area (Å²) in [6.45, 7) is 5.31. The van der Waals surface area contributed by atoms with Crippen molar-refractivity contribution in [3.63, 3.8) is 0 Å². The minimum atomic E-state index is 0.208. The van der Waals surface area contributed by atoms with Crippen molar-refractivity contribution in [3.8, 4) is 5.75 Å². The molecular weight excluding hydrogens is 258 g/mol. The second kappa shape index (κ2) is 6.64. The summed E-state index contributed by atoms with van der Waals surface area (Å²) in [6, 6.07) is 6.99. The molecule has 3 atom stereocenters. The minimum Gasteiger partial charge on any atom is -0.493 e. The fraction of sp³-hybridized carbons (Fsp3) is 0.600. The number of rotatable bonds is 6. The normalized spacial score (nSPS) is 18.5. The summed E-state index contributed by atoms with van der Waals surface area (Å²) < 4.78 is 5.53. The second-order valence-electron chi connectivity index (χ2n) is 5.10. The highest BCUT2D eigenvalue weighted by atomic mass is 32.2. The smallest absolute Gasteiger partial charge is 0.122 e. The molecule has 0 amide bonds. The summed E-state index contributed by atoms with van der Waals surface area (Å²) in [7, 11) is 0. The average Bonchev–Trinajstić information content (AvgIpc) is 2.87. The van der Waals surface area contributed by atoms with E-state index in [1.54, 1.807) is 11.8 Å². The van der Waals surface area contributed by atoms with Gasteiger partial charge in [0.15, 0.2) is 0 Å². The van der Waals surface area contributed by atoms with Gasteiger partial charge in [-0.25, -0.2) is 0 Å². The molecule has 19 heavy (non-hydrogen) atoms. The number of fused-ring (bicyclic) bond motifs is 1. The molecule has 0 saturated heterocycles. The lowest BCUT2D eigenvalue weighted by molar-refractivity contribution is 0.272. The zero-order valence-corrected chi connectivity index (χ0v) is 12.7. The summed E-state index contributed by atoms with van der Waals surface area (Å²) in [5.74, 6) is 1.03. The Hall–Kier alpha value is -0.710. The number of nitrogens with one attached hydrogen (secondary N) is 1. The van der Waals surface area contributed by atoms with Gasteiger partial charge in [-0.3, -0.25) is 0 Å². The Morgan fingerprint density at radius 3 is 2.89 bits per heavy atom. The van der Waals surface area contributed by atoms with Crippen LogP contribution in [0.4, 0.5) is 0 Å². The van der Waals surface area contributed by atoms with E-state index in [0.717, 1.165) is 18.8 Å². The maximum absolute atomic E-state index is 9.33. The van der Waals surface area contributed by atoms with Crippen molar-refractivity contribution < 1.29 is 9.84 Å². The van der Waals surface area contributed by atoms with Crippen molar-refractivity contribution >= 4 is 11.8 Å². The molecule has 2 rings (SSSR count). The van der Waals surface area contributed by atoms with Crippen LogP contribution in [0.15, 0.2) is 18.2 Å². The van der Waals surface area contributed by atoms with E-state index in [4.69, 9.17) is 4.74 Å². The quantitative estimate of drug-likeness (QED) is 0.840. The van der Waals surface area contributed by atoms with Crippen LogP contribution in [-0.2, 0) is 6.42 Å². The van der Waals surface area contributed by atoms with Crippen molar-refractivity contribution in [1.29, 1.82) is 0 Å². The number of benzene rings is 1. The first-order valence-corrected chi connectivity index (χ1v) is 8.09. The molecule has 0 radical (unpaired) electrons. The molecule has 0 spiro atoms. The van der Waals surface area contributed by atoms with Gasteiger partial charge in [-0.15, -0.1) is 0 Å². The molecule has 0 saturated carbocycles. The molecule has 1 aromatic rings. The number of aliphatic hydroxyl groups is 1. The van der Waals surface area contributed by atoms with E-state index >= 15 is 0 Å². The predicted octanol–water partition coefficient (Wildman–Crippen LogP) is 2.38. The van der Waals surface area contributed by atoms with E-state index in [1.165, 1.54) is 11.1 Å². The number of ether oxygens (including phenoxy) is 1. The van der Waals surface area contributed by atoms with Crippen molar-refractivity contribution in [3.05, 3.63) is 29.3 Å². The van der Waals surface area contributed by atoms with E-state index in [2.05, 4.69) is 37.4 Å². The van der Waals surface area contributed by atoms with Crippen LogP contribution in [0.5, 0.6) is 5.75 Å². The van der Waals surface area contributed by atoms with Crippen molar-refractivity contribution in [2.24, 2.45) is 0 Å². The zero-order chi connectivity index (χ0) is 13.8. The number of hydrogen-bond donors (Lipinski definition) is 2. The first-order chi connectivity index (χ1) is 9.15. The van der Waals surface area contributed by atoms with Crippen LogP contribution in [0, 0.1) is 0 Å². The van der Waals surface area contributed by atoms with Gasteiger partial charge in [0.2, 0.25) is 0 Å². The number of thioether (sulfide) groups is 1. The Bertz CT molecular complexity index is 421. The molecule has 1 aromatic carbocycles. The molecule has 2 N–H and O–H groups in total.